The van der Waals surface area contributed by atoms with E-state index in [1.165, 1.54) is 10.8 Å². The van der Waals surface area contributed by atoms with Gasteiger partial charge in [-0.15, -0.1) is 0 Å². The Bertz CT molecular complexity index is 588. The molecule has 0 amide bonds. The predicted molar refractivity (Wildman–Crippen MR) is 65.5 cm³/mol. The van der Waals surface area contributed by atoms with E-state index in [0.717, 1.165) is 0 Å². The molecule has 0 radical (unpaired) electrons. The summed E-state index contributed by atoms with van der Waals surface area (Å²) in [6, 6.07) is 0. The summed E-state index contributed by atoms with van der Waals surface area (Å²) in [7, 11) is 0. The highest BCUT2D eigenvalue weighted by Gasteiger charge is 2.27. The summed E-state index contributed by atoms with van der Waals surface area (Å²) >= 11 is 1.79. The molecule has 1 atom stereocenters. The SMILES string of the molecule is O=c1[nH]c(=O)n([C@H]2CC(O)=C(CO)O2)cc1I. The summed E-state index contributed by atoms with van der Waals surface area (Å²) in [5.41, 5.74) is -1.09. The lowest BCUT2D eigenvalue weighted by Gasteiger charge is -2.14. The standard InChI is InChI=1S/C9H9IN2O5/c10-4-2-12(9(16)11-8(4)15)7-1-5(14)6(3-13)17-7/h2,7,13-14H,1,3H2,(H,11,15,16)/t7-/m1/s1. The number of hydrogen-bond acceptors (Lipinski definition) is 5. The van der Waals surface area contributed by atoms with E-state index in [1.807, 2.05) is 0 Å². The van der Waals surface area contributed by atoms with E-state index in [1.54, 1.807) is 22.6 Å². The number of rotatable bonds is 2. The third-order valence-electron chi connectivity index (χ3n) is 2.35. The van der Waals surface area contributed by atoms with E-state index in [4.69, 9.17) is 9.84 Å². The number of halogens is 1. The van der Waals surface area contributed by atoms with Gasteiger partial charge in [0.1, 0.15) is 12.4 Å². The van der Waals surface area contributed by atoms with Crippen molar-refractivity contribution in [1.29, 1.82) is 0 Å². The number of hydrogen-bond donors (Lipinski definition) is 3. The van der Waals surface area contributed by atoms with Crippen LogP contribution in [0.3, 0.4) is 0 Å². The first-order valence-corrected chi connectivity index (χ1v) is 5.80. The van der Waals surface area contributed by atoms with Crippen LogP contribution in [0.1, 0.15) is 12.6 Å². The van der Waals surface area contributed by atoms with Crippen molar-refractivity contribution in [3.8, 4) is 0 Å². The highest BCUT2D eigenvalue weighted by atomic mass is 127. The molecule has 0 aromatic carbocycles. The molecule has 1 aromatic rings. The van der Waals surface area contributed by atoms with Crippen LogP contribution in [0.5, 0.6) is 0 Å². The zero-order valence-corrected chi connectivity index (χ0v) is 10.7. The Hall–Kier alpha value is -1.29. The molecule has 1 aromatic heterocycles. The molecule has 0 unspecified atom stereocenters. The highest BCUT2D eigenvalue weighted by Crippen LogP contribution is 2.29. The maximum Gasteiger partial charge on any atom is 0.331 e. The maximum atomic E-state index is 11.5. The van der Waals surface area contributed by atoms with Crippen LogP contribution in [0.25, 0.3) is 0 Å². The number of aliphatic hydroxyl groups is 2. The molecule has 2 rings (SSSR count). The molecule has 0 aliphatic carbocycles. The number of nitrogens with zero attached hydrogens (tertiary/aromatic N) is 1. The first-order chi connectivity index (χ1) is 8.02. The van der Waals surface area contributed by atoms with Gasteiger partial charge in [-0.3, -0.25) is 14.3 Å². The smallest absolute Gasteiger partial charge is 0.331 e. The van der Waals surface area contributed by atoms with Gasteiger partial charge in [-0.05, 0) is 22.6 Å². The fourth-order valence-corrected chi connectivity index (χ4v) is 1.95. The minimum atomic E-state index is -0.741. The first-order valence-electron chi connectivity index (χ1n) is 4.72. The topological polar surface area (TPSA) is 105 Å². The molecule has 17 heavy (non-hydrogen) atoms. The molecule has 2 heterocycles. The second-order valence-corrected chi connectivity index (χ2v) is 4.61. The van der Waals surface area contributed by atoms with E-state index in [9.17, 15) is 14.7 Å². The van der Waals surface area contributed by atoms with Crippen molar-refractivity contribution in [2.75, 3.05) is 6.61 Å². The Morgan fingerprint density at radius 2 is 2.29 bits per heavy atom. The van der Waals surface area contributed by atoms with Crippen LogP contribution >= 0.6 is 22.6 Å². The Balaban J connectivity index is 2.36. The molecule has 0 bridgehead atoms. The molecule has 0 saturated carbocycles. The lowest BCUT2D eigenvalue weighted by molar-refractivity contribution is 0.0589. The molecule has 8 heteroatoms. The zero-order valence-electron chi connectivity index (χ0n) is 8.51. The van der Waals surface area contributed by atoms with Crippen molar-refractivity contribution >= 4 is 22.6 Å². The number of ether oxygens (including phenoxy) is 1. The van der Waals surface area contributed by atoms with Gasteiger partial charge in [0.15, 0.2) is 12.0 Å². The average molecular weight is 352 g/mol. The van der Waals surface area contributed by atoms with Crippen molar-refractivity contribution in [1.82, 2.24) is 9.55 Å². The number of nitrogens with one attached hydrogen (secondary N) is 1. The highest BCUT2D eigenvalue weighted by molar-refractivity contribution is 14.1. The molecule has 92 valence electrons. The molecular weight excluding hydrogens is 343 g/mol. The third-order valence-corrected chi connectivity index (χ3v) is 3.11. The monoisotopic (exact) mass is 352 g/mol. The second kappa shape index (κ2) is 4.53. The van der Waals surface area contributed by atoms with Crippen LogP contribution in [-0.4, -0.2) is 26.4 Å². The minimum Gasteiger partial charge on any atom is -0.508 e. The zero-order chi connectivity index (χ0) is 12.6. The van der Waals surface area contributed by atoms with E-state index < -0.39 is 24.1 Å². The van der Waals surface area contributed by atoms with Crippen LogP contribution in [0.4, 0.5) is 0 Å². The van der Waals surface area contributed by atoms with Gasteiger partial charge in [0, 0.05) is 6.20 Å². The summed E-state index contributed by atoms with van der Waals surface area (Å²) in [4.78, 5) is 24.9. The van der Waals surface area contributed by atoms with Gasteiger partial charge in [0.05, 0.1) is 9.99 Å². The third kappa shape index (κ3) is 2.22. The van der Waals surface area contributed by atoms with E-state index >= 15 is 0 Å². The predicted octanol–water partition coefficient (Wildman–Crippen LogP) is -0.178. The first kappa shape index (κ1) is 12.2. The van der Waals surface area contributed by atoms with E-state index in [0.29, 0.717) is 3.57 Å². The van der Waals surface area contributed by atoms with E-state index in [-0.39, 0.29) is 17.9 Å². The summed E-state index contributed by atoms with van der Waals surface area (Å²) in [5, 5.41) is 18.3. The van der Waals surface area contributed by atoms with Gasteiger partial charge in [0.25, 0.3) is 5.56 Å². The largest absolute Gasteiger partial charge is 0.508 e. The van der Waals surface area contributed by atoms with Crippen molar-refractivity contribution in [3.05, 3.63) is 42.1 Å². The molecule has 3 N–H and O–H groups in total. The van der Waals surface area contributed by atoms with Crippen LogP contribution < -0.4 is 11.2 Å². The lowest BCUT2D eigenvalue weighted by atomic mass is 10.3. The maximum absolute atomic E-state index is 11.5. The fourth-order valence-electron chi connectivity index (χ4n) is 1.51. The number of aromatic amines is 1. The molecule has 1 aliphatic rings. The summed E-state index contributed by atoms with van der Waals surface area (Å²) in [6.07, 6.45) is 0.688. The fraction of sp³-hybridized carbons (Fsp3) is 0.333. The second-order valence-electron chi connectivity index (χ2n) is 3.45. The Kier molecular flexibility index (Phi) is 3.24. The van der Waals surface area contributed by atoms with Gasteiger partial charge >= 0.3 is 5.69 Å². The molecule has 1 aliphatic heterocycles. The van der Waals surface area contributed by atoms with E-state index in [2.05, 4.69) is 4.98 Å². The Morgan fingerprint density at radius 1 is 1.59 bits per heavy atom. The number of aromatic nitrogens is 2. The lowest BCUT2D eigenvalue weighted by Crippen LogP contribution is -2.33. The molecule has 0 spiro atoms. The molecule has 0 saturated heterocycles. The van der Waals surface area contributed by atoms with Crippen LogP contribution in [0, 0.1) is 3.57 Å². The van der Waals surface area contributed by atoms with Crippen LogP contribution in [0.15, 0.2) is 27.3 Å². The normalized spacial score (nSPS) is 19.5. The van der Waals surface area contributed by atoms with Gasteiger partial charge in [-0.1, -0.05) is 0 Å². The van der Waals surface area contributed by atoms with Crippen molar-refractivity contribution < 1.29 is 14.9 Å². The number of H-pyrrole nitrogens is 1. The van der Waals surface area contributed by atoms with Crippen molar-refractivity contribution in [3.63, 3.8) is 0 Å². The van der Waals surface area contributed by atoms with Crippen molar-refractivity contribution in [2.24, 2.45) is 0 Å². The van der Waals surface area contributed by atoms with Crippen molar-refractivity contribution in [2.45, 2.75) is 12.6 Å². The van der Waals surface area contributed by atoms with Gasteiger partial charge in [-0.2, -0.15) is 0 Å². The van der Waals surface area contributed by atoms with Gasteiger partial charge < -0.3 is 14.9 Å². The number of aliphatic hydroxyl groups excluding tert-OH is 2. The Morgan fingerprint density at radius 3 is 2.88 bits per heavy atom. The molecule has 7 nitrogen and oxygen atoms in total. The quantitative estimate of drug-likeness (QED) is 0.641. The summed E-state index contributed by atoms with van der Waals surface area (Å²) in [6.45, 7) is -0.433. The summed E-state index contributed by atoms with van der Waals surface area (Å²) < 4.78 is 6.71. The summed E-state index contributed by atoms with van der Waals surface area (Å²) in [5.74, 6) is -0.0475. The minimum absolute atomic E-state index is 0.0445. The van der Waals surface area contributed by atoms with Crippen LogP contribution in [0.2, 0.25) is 0 Å². The molecular formula is C9H9IN2O5. The average Bonchev–Trinajstić information content (AvgIpc) is 2.65. The van der Waals surface area contributed by atoms with Crippen LogP contribution in [-0.2, 0) is 4.74 Å². The Labute approximate surface area is 108 Å². The van der Waals surface area contributed by atoms with Gasteiger partial charge in [0.2, 0.25) is 0 Å². The molecule has 0 fully saturated rings. The van der Waals surface area contributed by atoms with Gasteiger partial charge in [-0.25, -0.2) is 4.79 Å².